The topological polar surface area (TPSA) is 177 Å². The van der Waals surface area contributed by atoms with Crippen LogP contribution >= 0.6 is 67.8 Å². The van der Waals surface area contributed by atoms with Crippen LogP contribution in [0.1, 0.15) is 27.1 Å². The lowest BCUT2D eigenvalue weighted by atomic mass is 10.1. The first-order chi connectivity index (χ1) is 15.1. The molecule has 0 heterocycles. The van der Waals surface area contributed by atoms with Gasteiger partial charge in [-0.05, 0) is 67.8 Å². The zero-order valence-electron chi connectivity index (χ0n) is 17.0. The molecule has 0 spiro atoms. The zero-order chi connectivity index (χ0) is 24.4. The lowest BCUT2D eigenvalue weighted by molar-refractivity contribution is -0.117. The first-order valence-corrected chi connectivity index (χ1v) is 12.5. The maximum Gasteiger partial charge on any atom is 0.253 e. The number of ether oxygens (including phenoxy) is 1. The molecule has 0 fully saturated rings. The number of benzene rings is 1. The van der Waals surface area contributed by atoms with Crippen LogP contribution in [0.2, 0.25) is 0 Å². The lowest BCUT2D eigenvalue weighted by Crippen LogP contribution is -2.37. The number of rotatable bonds is 12. The number of carbonyl (C=O) groups excluding carboxylic acids is 3. The molecule has 0 radical (unpaired) electrons. The molecule has 2 unspecified atom stereocenters. The van der Waals surface area contributed by atoms with Crippen LogP contribution in [0.25, 0.3) is 0 Å². The van der Waals surface area contributed by atoms with Crippen LogP contribution in [-0.4, -0.2) is 90.4 Å². The largest absolute Gasteiger partial charge is 0.394 e. The number of amides is 3. The number of carbonyl (C=O) groups is 3. The molecule has 14 heteroatoms. The summed E-state index contributed by atoms with van der Waals surface area (Å²) in [4.78, 5) is 38.0. The Kier molecular flexibility index (Phi) is 13.7. The summed E-state index contributed by atoms with van der Waals surface area (Å²) >= 11 is 5.62. The molecule has 2 atom stereocenters. The molecule has 11 nitrogen and oxygen atoms in total. The molecular weight excluding hydrogens is 767 g/mol. The molecule has 0 saturated carbocycles. The zero-order valence-corrected chi connectivity index (χ0v) is 23.4. The van der Waals surface area contributed by atoms with Crippen LogP contribution in [0, 0.1) is 10.7 Å². The van der Waals surface area contributed by atoms with Gasteiger partial charge in [-0.15, -0.1) is 0 Å². The Labute approximate surface area is 225 Å². The van der Waals surface area contributed by atoms with Gasteiger partial charge in [0.05, 0.1) is 62.4 Å². The number of methoxy groups -OCH3 is 1. The molecule has 0 bridgehead atoms. The Balaban J connectivity index is 3.46. The molecule has 32 heavy (non-hydrogen) atoms. The highest BCUT2D eigenvalue weighted by Gasteiger charge is 2.29. The van der Waals surface area contributed by atoms with Gasteiger partial charge in [0.2, 0.25) is 5.91 Å². The van der Waals surface area contributed by atoms with Crippen LogP contribution in [0.5, 0.6) is 0 Å². The van der Waals surface area contributed by atoms with Crippen molar-refractivity contribution in [2.24, 2.45) is 0 Å². The second-order valence-corrected chi connectivity index (χ2v) is 9.69. The normalized spacial score (nSPS) is 12.8. The summed E-state index contributed by atoms with van der Waals surface area (Å²) in [6.07, 6.45) is -2.26. The van der Waals surface area contributed by atoms with E-state index in [1.165, 1.54) is 7.11 Å². The monoisotopic (exact) mass is 791 g/mol. The predicted octanol–water partition coefficient (Wildman–Crippen LogP) is -0.359. The van der Waals surface area contributed by atoms with Gasteiger partial charge in [-0.3, -0.25) is 14.4 Å². The number of aliphatic hydroxyl groups is 4. The number of nitrogens with one attached hydrogen (secondary N) is 3. The van der Waals surface area contributed by atoms with Gasteiger partial charge in [0.25, 0.3) is 11.8 Å². The molecular formula is C18H24I3N3O8. The summed E-state index contributed by atoms with van der Waals surface area (Å²) in [6, 6.07) is 0. The van der Waals surface area contributed by atoms with E-state index in [1.807, 2.05) is 67.8 Å². The van der Waals surface area contributed by atoms with Crippen molar-refractivity contribution in [3.8, 4) is 0 Å². The van der Waals surface area contributed by atoms with E-state index >= 15 is 0 Å². The van der Waals surface area contributed by atoms with Gasteiger partial charge in [0.1, 0.15) is 0 Å². The third kappa shape index (κ3) is 8.44. The summed E-state index contributed by atoms with van der Waals surface area (Å²) in [5, 5.41) is 44.7. The molecule has 0 aromatic heterocycles. The van der Waals surface area contributed by atoms with Crippen molar-refractivity contribution in [3.05, 3.63) is 21.8 Å². The summed E-state index contributed by atoms with van der Waals surface area (Å²) in [5.41, 5.74) is 0.465. The minimum atomic E-state index is -1.16. The molecule has 0 aliphatic heterocycles. The Morgan fingerprint density at radius 3 is 1.69 bits per heavy atom. The highest BCUT2D eigenvalue weighted by molar-refractivity contribution is 14.1. The van der Waals surface area contributed by atoms with Crippen molar-refractivity contribution < 1.29 is 39.5 Å². The third-order valence-electron chi connectivity index (χ3n) is 3.99. The fraction of sp³-hybridized carbons (Fsp3) is 0.500. The van der Waals surface area contributed by atoms with Crippen molar-refractivity contribution in [2.45, 2.75) is 18.6 Å². The smallest absolute Gasteiger partial charge is 0.253 e. The van der Waals surface area contributed by atoms with Gasteiger partial charge in [-0.2, -0.15) is 0 Å². The standard InChI is InChI=1S/C18H24I3N3O8/c1-32-3-2-10(29)24-16-14(20)11(17(30)22-4-8(27)6-25)13(19)12(15(16)21)18(31)23-5-9(28)7-26/h8-9,25-28H,2-7H2,1H3,(H,22,30)(H,23,31)(H,24,29). The molecule has 0 aliphatic carbocycles. The SMILES string of the molecule is COCCC(=O)Nc1c(I)c(C(=O)NCC(O)CO)c(I)c(C(=O)NCC(O)CO)c1I. The van der Waals surface area contributed by atoms with E-state index in [1.54, 1.807) is 0 Å². The molecule has 0 aliphatic rings. The van der Waals surface area contributed by atoms with Crippen LogP contribution in [0.3, 0.4) is 0 Å². The van der Waals surface area contributed by atoms with Gasteiger partial charge >= 0.3 is 0 Å². The fourth-order valence-electron chi connectivity index (χ4n) is 2.30. The first-order valence-electron chi connectivity index (χ1n) is 9.22. The minimum Gasteiger partial charge on any atom is -0.394 e. The van der Waals surface area contributed by atoms with Crippen molar-refractivity contribution >= 4 is 91.2 Å². The lowest BCUT2D eigenvalue weighted by Gasteiger charge is -2.20. The van der Waals surface area contributed by atoms with Crippen molar-refractivity contribution in [2.75, 3.05) is 45.3 Å². The summed E-state index contributed by atoms with van der Waals surface area (Å²) in [5.74, 6) is -1.60. The van der Waals surface area contributed by atoms with Gasteiger partial charge < -0.3 is 41.1 Å². The Bertz CT molecular complexity index is 787. The van der Waals surface area contributed by atoms with Crippen LogP contribution < -0.4 is 16.0 Å². The Hall–Kier alpha value is -0.380. The molecule has 0 saturated heterocycles. The predicted molar refractivity (Wildman–Crippen MR) is 141 cm³/mol. The van der Waals surface area contributed by atoms with Crippen molar-refractivity contribution in [1.82, 2.24) is 10.6 Å². The molecule has 3 amide bonds. The number of anilines is 1. The summed E-state index contributed by atoms with van der Waals surface area (Å²) in [6.45, 7) is -1.33. The average molecular weight is 791 g/mol. The highest BCUT2D eigenvalue weighted by atomic mass is 127. The second-order valence-electron chi connectivity index (χ2n) is 6.45. The van der Waals surface area contributed by atoms with Gasteiger partial charge in [0, 0.05) is 23.8 Å². The quantitative estimate of drug-likeness (QED) is 0.141. The van der Waals surface area contributed by atoms with E-state index in [0.717, 1.165) is 0 Å². The number of halogens is 3. The maximum atomic E-state index is 12.9. The Morgan fingerprint density at radius 2 is 1.31 bits per heavy atom. The second kappa shape index (κ2) is 14.8. The van der Waals surface area contributed by atoms with Crippen LogP contribution in [-0.2, 0) is 9.53 Å². The van der Waals surface area contributed by atoms with E-state index in [0.29, 0.717) is 10.7 Å². The maximum absolute atomic E-state index is 12.9. The first kappa shape index (κ1) is 29.7. The fourth-order valence-corrected chi connectivity index (χ4v) is 6.71. The van der Waals surface area contributed by atoms with Crippen molar-refractivity contribution in [1.29, 1.82) is 0 Å². The van der Waals surface area contributed by atoms with Crippen molar-refractivity contribution in [3.63, 3.8) is 0 Å². The average Bonchev–Trinajstić information content (AvgIpc) is 2.76. The highest BCUT2D eigenvalue weighted by Crippen LogP contribution is 2.36. The Morgan fingerprint density at radius 1 is 0.875 bits per heavy atom. The molecule has 7 N–H and O–H groups in total. The van der Waals surface area contributed by atoms with Crippen LogP contribution in [0.15, 0.2) is 0 Å². The van der Waals surface area contributed by atoms with Gasteiger partial charge in [0.15, 0.2) is 0 Å². The van der Waals surface area contributed by atoms with E-state index in [2.05, 4.69) is 16.0 Å². The van der Waals surface area contributed by atoms with Gasteiger partial charge in [-0.1, -0.05) is 0 Å². The molecule has 1 rings (SSSR count). The molecule has 1 aromatic carbocycles. The molecule has 180 valence electrons. The van der Waals surface area contributed by atoms with E-state index < -0.39 is 37.2 Å². The summed E-state index contributed by atoms with van der Waals surface area (Å²) < 4.78 is 5.95. The number of hydrogen-bond donors (Lipinski definition) is 7. The van der Waals surface area contributed by atoms with Crippen LogP contribution in [0.4, 0.5) is 5.69 Å². The minimum absolute atomic E-state index is 0.0586. The van der Waals surface area contributed by atoms with E-state index in [4.69, 9.17) is 14.9 Å². The van der Waals surface area contributed by atoms with Gasteiger partial charge in [-0.25, -0.2) is 0 Å². The third-order valence-corrected chi connectivity index (χ3v) is 7.22. The number of hydrogen-bond acceptors (Lipinski definition) is 8. The van der Waals surface area contributed by atoms with E-state index in [9.17, 15) is 24.6 Å². The summed E-state index contributed by atoms with van der Waals surface area (Å²) in [7, 11) is 1.46. The van der Waals surface area contributed by atoms with E-state index in [-0.39, 0.29) is 48.8 Å². The number of aliphatic hydroxyl groups excluding tert-OH is 4. The molecule has 1 aromatic rings.